The molecule has 0 radical (unpaired) electrons. The summed E-state index contributed by atoms with van der Waals surface area (Å²) < 4.78 is 5.42. The Morgan fingerprint density at radius 1 is 1.53 bits per heavy atom. The number of nitrogens with one attached hydrogen (secondary N) is 1. The van der Waals surface area contributed by atoms with E-state index in [-0.39, 0.29) is 5.91 Å². The van der Waals surface area contributed by atoms with Crippen molar-refractivity contribution in [2.75, 3.05) is 33.3 Å². The van der Waals surface area contributed by atoms with Crippen molar-refractivity contribution < 1.29 is 9.53 Å². The van der Waals surface area contributed by atoms with Gasteiger partial charge in [0.1, 0.15) is 6.61 Å². The lowest BCUT2D eigenvalue weighted by atomic mass is 10.4. The minimum Gasteiger partial charge on any atom is -0.476 e. The van der Waals surface area contributed by atoms with Crippen LogP contribution in [0.5, 0.6) is 5.88 Å². The summed E-state index contributed by atoms with van der Waals surface area (Å²) in [6.07, 6.45) is 5.09. The number of likely N-dealkylation sites (N-methyl/N-ethyl adjacent to an activating group) is 1. The van der Waals surface area contributed by atoms with Crippen LogP contribution in [0.4, 0.5) is 0 Å². The quantitative estimate of drug-likeness (QED) is 0.563. The summed E-state index contributed by atoms with van der Waals surface area (Å²) in [5.41, 5.74) is 0. The Hall–Kier alpha value is -1.88. The van der Waals surface area contributed by atoms with E-state index in [0.717, 1.165) is 0 Å². The van der Waals surface area contributed by atoms with Crippen LogP contribution in [0.1, 0.15) is 6.92 Å². The average Bonchev–Trinajstić information content (AvgIpc) is 2.46. The van der Waals surface area contributed by atoms with Crippen LogP contribution in [0.25, 0.3) is 0 Å². The molecule has 1 aromatic rings. The number of hydrogen-bond donors (Lipinski definition) is 1. The van der Waals surface area contributed by atoms with E-state index in [9.17, 15) is 4.79 Å². The minimum absolute atomic E-state index is 0.0223. The van der Waals surface area contributed by atoms with Crippen LogP contribution < -0.4 is 10.1 Å². The normalized spacial score (nSPS) is 10.6. The molecule has 0 aliphatic heterocycles. The molecule has 5 heteroatoms. The first-order valence-electron chi connectivity index (χ1n) is 6.40. The second-order valence-corrected chi connectivity index (χ2v) is 3.98. The molecule has 104 valence electrons. The number of nitrogens with zero attached hydrogens (tertiary/aromatic N) is 2. The molecule has 0 unspecified atom stereocenters. The third kappa shape index (κ3) is 6.57. The Labute approximate surface area is 114 Å². The molecule has 0 spiro atoms. The van der Waals surface area contributed by atoms with Crippen molar-refractivity contribution in [2.24, 2.45) is 0 Å². The van der Waals surface area contributed by atoms with Crippen LogP contribution >= 0.6 is 0 Å². The summed E-state index contributed by atoms with van der Waals surface area (Å²) in [5.74, 6) is 0.647. The monoisotopic (exact) mass is 263 g/mol. The van der Waals surface area contributed by atoms with Crippen molar-refractivity contribution in [3.8, 4) is 5.88 Å². The molecule has 0 saturated heterocycles. The summed E-state index contributed by atoms with van der Waals surface area (Å²) in [6.45, 7) is 4.56. The number of ether oxygens (including phenoxy) is 1. The van der Waals surface area contributed by atoms with Crippen LogP contribution in [0.15, 0.2) is 36.5 Å². The zero-order valence-electron chi connectivity index (χ0n) is 11.5. The van der Waals surface area contributed by atoms with Gasteiger partial charge in [-0.3, -0.25) is 4.79 Å². The summed E-state index contributed by atoms with van der Waals surface area (Å²) >= 11 is 0. The lowest BCUT2D eigenvalue weighted by molar-refractivity contribution is -0.124. The zero-order chi connectivity index (χ0) is 13.9. The largest absolute Gasteiger partial charge is 0.476 e. The molecule has 0 saturated carbocycles. The second kappa shape index (κ2) is 9.10. The van der Waals surface area contributed by atoms with Gasteiger partial charge in [-0.1, -0.05) is 12.1 Å². The molecule has 1 rings (SSSR count). The van der Waals surface area contributed by atoms with E-state index in [1.807, 2.05) is 31.2 Å². The Morgan fingerprint density at radius 3 is 3.05 bits per heavy atom. The van der Waals surface area contributed by atoms with Crippen LogP contribution in [-0.2, 0) is 4.79 Å². The molecule has 1 amide bonds. The maximum Gasteiger partial charge on any atom is 0.246 e. The highest BCUT2D eigenvalue weighted by molar-refractivity contribution is 5.87. The SMILES string of the molecule is CCN(C)C(=O)/C=C/CNCCOc1ccccn1. The van der Waals surface area contributed by atoms with Gasteiger partial charge in [-0.15, -0.1) is 0 Å². The maximum atomic E-state index is 11.4. The third-order valence-corrected chi connectivity index (χ3v) is 2.54. The van der Waals surface area contributed by atoms with Crippen LogP contribution in [0.2, 0.25) is 0 Å². The zero-order valence-corrected chi connectivity index (χ0v) is 11.5. The van der Waals surface area contributed by atoms with E-state index in [1.165, 1.54) is 0 Å². The fourth-order valence-electron chi connectivity index (χ4n) is 1.29. The van der Waals surface area contributed by atoms with E-state index in [4.69, 9.17) is 4.74 Å². The summed E-state index contributed by atoms with van der Waals surface area (Å²) in [6, 6.07) is 5.55. The van der Waals surface area contributed by atoms with Crippen molar-refractivity contribution in [1.29, 1.82) is 0 Å². The number of pyridine rings is 1. The van der Waals surface area contributed by atoms with Crippen molar-refractivity contribution >= 4 is 5.91 Å². The topological polar surface area (TPSA) is 54.5 Å². The van der Waals surface area contributed by atoms with Crippen LogP contribution in [0, 0.1) is 0 Å². The van der Waals surface area contributed by atoms with E-state index < -0.39 is 0 Å². The van der Waals surface area contributed by atoms with E-state index in [1.54, 1.807) is 24.2 Å². The van der Waals surface area contributed by atoms with Gasteiger partial charge >= 0.3 is 0 Å². The first-order valence-corrected chi connectivity index (χ1v) is 6.40. The molecule has 1 N–H and O–H groups in total. The fourth-order valence-corrected chi connectivity index (χ4v) is 1.29. The fraction of sp³-hybridized carbons (Fsp3) is 0.429. The molecule has 5 nitrogen and oxygen atoms in total. The predicted octanol–water partition coefficient (Wildman–Crippen LogP) is 1.08. The molecule has 0 atom stereocenters. The van der Waals surface area contributed by atoms with Crippen molar-refractivity contribution in [3.63, 3.8) is 0 Å². The van der Waals surface area contributed by atoms with Crippen LogP contribution in [-0.4, -0.2) is 49.1 Å². The highest BCUT2D eigenvalue weighted by Gasteiger charge is 1.99. The molecule has 19 heavy (non-hydrogen) atoms. The Balaban J connectivity index is 2.05. The van der Waals surface area contributed by atoms with Gasteiger partial charge in [-0.25, -0.2) is 4.98 Å². The highest BCUT2D eigenvalue weighted by atomic mass is 16.5. The minimum atomic E-state index is 0.0223. The van der Waals surface area contributed by atoms with Crippen molar-refractivity contribution in [2.45, 2.75) is 6.92 Å². The van der Waals surface area contributed by atoms with Gasteiger partial charge in [0.2, 0.25) is 11.8 Å². The van der Waals surface area contributed by atoms with Gasteiger partial charge in [0.05, 0.1) is 0 Å². The van der Waals surface area contributed by atoms with E-state index in [2.05, 4.69) is 10.3 Å². The number of amides is 1. The molecular weight excluding hydrogens is 242 g/mol. The number of hydrogen-bond acceptors (Lipinski definition) is 4. The second-order valence-electron chi connectivity index (χ2n) is 3.98. The Bertz CT molecular complexity index is 393. The standard InChI is InChI=1S/C14H21N3O2/c1-3-17(2)14(18)8-6-9-15-11-12-19-13-7-4-5-10-16-13/h4-8,10,15H,3,9,11-12H2,1-2H3/b8-6+. The molecule has 1 aromatic heterocycles. The van der Waals surface area contributed by atoms with Gasteiger partial charge in [-0.2, -0.15) is 0 Å². The molecule has 0 aliphatic rings. The first kappa shape index (κ1) is 15.2. The number of rotatable bonds is 8. The van der Waals surface area contributed by atoms with Gasteiger partial charge in [-0.05, 0) is 13.0 Å². The van der Waals surface area contributed by atoms with Gasteiger partial charge < -0.3 is 15.0 Å². The van der Waals surface area contributed by atoms with E-state index >= 15 is 0 Å². The van der Waals surface area contributed by atoms with Gasteiger partial charge in [0.25, 0.3) is 0 Å². The molecular formula is C14H21N3O2. The smallest absolute Gasteiger partial charge is 0.246 e. The molecule has 0 fully saturated rings. The van der Waals surface area contributed by atoms with E-state index in [0.29, 0.717) is 32.1 Å². The number of carbonyl (C=O) groups excluding carboxylic acids is 1. The number of carbonyl (C=O) groups is 1. The predicted molar refractivity (Wildman–Crippen MR) is 75.1 cm³/mol. The summed E-state index contributed by atoms with van der Waals surface area (Å²) in [7, 11) is 1.78. The average molecular weight is 263 g/mol. The van der Waals surface area contributed by atoms with Gasteiger partial charge in [0.15, 0.2) is 0 Å². The van der Waals surface area contributed by atoms with Crippen LogP contribution in [0.3, 0.4) is 0 Å². The lowest BCUT2D eigenvalue weighted by Gasteiger charge is -2.10. The lowest BCUT2D eigenvalue weighted by Crippen LogP contribution is -2.25. The Morgan fingerprint density at radius 2 is 2.37 bits per heavy atom. The summed E-state index contributed by atoms with van der Waals surface area (Å²) in [4.78, 5) is 17.1. The van der Waals surface area contributed by atoms with Gasteiger partial charge in [0, 0.05) is 45.0 Å². The molecule has 0 bridgehead atoms. The maximum absolute atomic E-state index is 11.4. The van der Waals surface area contributed by atoms with Crippen molar-refractivity contribution in [1.82, 2.24) is 15.2 Å². The molecule has 0 aromatic carbocycles. The molecule has 1 heterocycles. The number of aromatic nitrogens is 1. The Kier molecular flexibility index (Phi) is 7.27. The summed E-state index contributed by atoms with van der Waals surface area (Å²) in [5, 5.41) is 3.16. The highest BCUT2D eigenvalue weighted by Crippen LogP contribution is 2.01. The first-order chi connectivity index (χ1) is 9.24. The van der Waals surface area contributed by atoms with Crippen molar-refractivity contribution in [3.05, 3.63) is 36.5 Å². The third-order valence-electron chi connectivity index (χ3n) is 2.54. The molecule has 0 aliphatic carbocycles.